The quantitative estimate of drug-likeness (QED) is 0.167. The van der Waals surface area contributed by atoms with Crippen LogP contribution in [-0.4, -0.2) is 64.4 Å². The van der Waals surface area contributed by atoms with E-state index in [0.29, 0.717) is 33.8 Å². The van der Waals surface area contributed by atoms with E-state index >= 15 is 0 Å². The van der Waals surface area contributed by atoms with Gasteiger partial charge in [-0.3, -0.25) is 14.2 Å². The molecule has 1 N–H and O–H groups in total. The van der Waals surface area contributed by atoms with Crippen molar-refractivity contribution < 1.29 is 23.8 Å². The summed E-state index contributed by atoms with van der Waals surface area (Å²) in [5, 5.41) is 20.4. The summed E-state index contributed by atoms with van der Waals surface area (Å²) in [6.07, 6.45) is 0.473. The molecule has 5 aromatic rings. The van der Waals surface area contributed by atoms with Gasteiger partial charge in [0.05, 0.1) is 50.3 Å². The molecule has 240 valence electrons. The standard InChI is InChI=1S/C34H32N6O5S2/c1-43-24-16-14-22(15-17-24)26-19-27(25-11-7-12-28(44-2)32(25)45-3)40(38-26)31(41)21-47-34-37-36-30(39(34)23-9-5-4-6-10-23)20-35-33(42)29-13-8-18-46-29/h4-18,27H,19-21H2,1-3H3,(H,35,42)/t27-/m1/s1. The molecule has 2 aromatic heterocycles. The minimum atomic E-state index is -0.430. The van der Waals surface area contributed by atoms with Crippen LogP contribution in [0.4, 0.5) is 0 Å². The van der Waals surface area contributed by atoms with Crippen molar-refractivity contribution in [2.75, 3.05) is 27.1 Å². The first-order valence-electron chi connectivity index (χ1n) is 14.7. The third-order valence-electron chi connectivity index (χ3n) is 7.57. The van der Waals surface area contributed by atoms with Crippen LogP contribution in [0, 0.1) is 0 Å². The number of ether oxygens (including phenoxy) is 3. The number of thiophene rings is 1. The number of para-hydroxylation sites is 2. The van der Waals surface area contributed by atoms with E-state index in [-0.39, 0.29) is 24.1 Å². The molecule has 13 heteroatoms. The number of amides is 2. The second-order valence-electron chi connectivity index (χ2n) is 10.3. The van der Waals surface area contributed by atoms with Crippen LogP contribution >= 0.6 is 23.1 Å². The maximum absolute atomic E-state index is 14.0. The fraction of sp³-hybridized carbons (Fsp3) is 0.206. The summed E-state index contributed by atoms with van der Waals surface area (Å²) in [6, 6.07) is 26.0. The largest absolute Gasteiger partial charge is 0.497 e. The van der Waals surface area contributed by atoms with E-state index in [1.165, 1.54) is 28.1 Å². The molecular weight excluding hydrogens is 637 g/mol. The van der Waals surface area contributed by atoms with Crippen LogP contribution in [0.25, 0.3) is 5.69 Å². The number of nitrogens with one attached hydrogen (secondary N) is 1. The van der Waals surface area contributed by atoms with Gasteiger partial charge in [-0.15, -0.1) is 21.5 Å². The number of aromatic nitrogens is 3. The number of benzene rings is 3. The molecule has 0 aliphatic carbocycles. The van der Waals surface area contributed by atoms with E-state index in [2.05, 4.69) is 15.5 Å². The highest BCUT2D eigenvalue weighted by Gasteiger charge is 2.36. The lowest BCUT2D eigenvalue weighted by molar-refractivity contribution is -0.130. The predicted molar refractivity (Wildman–Crippen MR) is 181 cm³/mol. The van der Waals surface area contributed by atoms with Gasteiger partial charge >= 0.3 is 0 Å². The van der Waals surface area contributed by atoms with Gasteiger partial charge in [-0.2, -0.15) is 5.10 Å². The predicted octanol–water partition coefficient (Wildman–Crippen LogP) is 5.75. The van der Waals surface area contributed by atoms with Gasteiger partial charge in [0, 0.05) is 17.7 Å². The highest BCUT2D eigenvalue weighted by atomic mass is 32.2. The average molecular weight is 669 g/mol. The molecule has 11 nitrogen and oxygen atoms in total. The zero-order valence-corrected chi connectivity index (χ0v) is 27.6. The lowest BCUT2D eigenvalue weighted by Crippen LogP contribution is -2.29. The van der Waals surface area contributed by atoms with Gasteiger partial charge in [-0.25, -0.2) is 5.01 Å². The SMILES string of the molecule is COc1ccc(C2=NN(C(=O)CSc3nnc(CNC(=O)c4cccs4)n3-c3ccccc3)[C@@H](c3cccc(OC)c3OC)C2)cc1. The maximum Gasteiger partial charge on any atom is 0.261 e. The Kier molecular flexibility index (Phi) is 9.83. The van der Waals surface area contributed by atoms with Crippen LogP contribution in [0.5, 0.6) is 17.2 Å². The molecule has 3 aromatic carbocycles. The van der Waals surface area contributed by atoms with Gasteiger partial charge in [0.2, 0.25) is 0 Å². The normalized spacial score (nSPS) is 14.1. The Morgan fingerprint density at radius 1 is 0.915 bits per heavy atom. The molecule has 0 bridgehead atoms. The zero-order valence-electron chi connectivity index (χ0n) is 26.0. The van der Waals surface area contributed by atoms with Crippen molar-refractivity contribution in [3.8, 4) is 22.9 Å². The van der Waals surface area contributed by atoms with E-state index in [1.807, 2.05) is 88.8 Å². The molecule has 1 atom stereocenters. The van der Waals surface area contributed by atoms with Crippen LogP contribution in [0.1, 0.15) is 39.1 Å². The Balaban J connectivity index is 1.27. The van der Waals surface area contributed by atoms with E-state index in [9.17, 15) is 9.59 Å². The maximum atomic E-state index is 14.0. The Labute approximate surface area is 280 Å². The topological polar surface area (TPSA) is 120 Å². The van der Waals surface area contributed by atoms with E-state index < -0.39 is 6.04 Å². The van der Waals surface area contributed by atoms with Crippen LogP contribution in [0.2, 0.25) is 0 Å². The van der Waals surface area contributed by atoms with Crippen molar-refractivity contribution >= 4 is 40.6 Å². The smallest absolute Gasteiger partial charge is 0.261 e. The third kappa shape index (κ3) is 6.86. The lowest BCUT2D eigenvalue weighted by Gasteiger charge is -2.24. The van der Waals surface area contributed by atoms with E-state index in [0.717, 1.165) is 28.3 Å². The molecule has 2 amide bonds. The summed E-state index contributed by atoms with van der Waals surface area (Å²) < 4.78 is 18.5. The van der Waals surface area contributed by atoms with E-state index in [4.69, 9.17) is 19.3 Å². The molecule has 0 saturated carbocycles. The number of hydrazone groups is 1. The molecule has 0 fully saturated rings. The first-order chi connectivity index (χ1) is 23.0. The number of thioether (sulfide) groups is 1. The first kappa shape index (κ1) is 31.8. The second-order valence-corrected chi connectivity index (χ2v) is 12.2. The second kappa shape index (κ2) is 14.5. The number of carbonyl (C=O) groups excluding carboxylic acids is 2. The Bertz CT molecular complexity index is 1880. The molecule has 6 rings (SSSR count). The molecule has 1 aliphatic heterocycles. The van der Waals surface area contributed by atoms with Crippen molar-refractivity contribution in [1.29, 1.82) is 0 Å². The lowest BCUT2D eigenvalue weighted by atomic mass is 9.97. The highest BCUT2D eigenvalue weighted by Crippen LogP contribution is 2.42. The average Bonchev–Trinajstić information content (AvgIpc) is 3.90. The van der Waals surface area contributed by atoms with Crippen LogP contribution in [-0.2, 0) is 11.3 Å². The van der Waals surface area contributed by atoms with Gasteiger partial charge < -0.3 is 19.5 Å². The van der Waals surface area contributed by atoms with Crippen LogP contribution in [0.3, 0.4) is 0 Å². The molecule has 0 saturated heterocycles. The molecule has 0 spiro atoms. The molecular formula is C34H32N6O5S2. The number of carbonyl (C=O) groups is 2. The third-order valence-corrected chi connectivity index (χ3v) is 9.36. The van der Waals surface area contributed by atoms with E-state index in [1.54, 1.807) is 27.4 Å². The minimum Gasteiger partial charge on any atom is -0.497 e. The minimum absolute atomic E-state index is 0.0364. The van der Waals surface area contributed by atoms with Gasteiger partial charge in [0.15, 0.2) is 22.5 Å². The highest BCUT2D eigenvalue weighted by molar-refractivity contribution is 7.99. The zero-order chi connectivity index (χ0) is 32.8. The Hall–Kier alpha value is -5.14. The van der Waals surface area contributed by atoms with Crippen molar-refractivity contribution in [2.24, 2.45) is 5.10 Å². The number of nitrogens with zero attached hydrogens (tertiary/aromatic N) is 5. The van der Waals surface area contributed by atoms with Gasteiger partial charge in [0.1, 0.15) is 5.75 Å². The van der Waals surface area contributed by atoms with Gasteiger partial charge in [-0.1, -0.05) is 48.2 Å². The summed E-state index contributed by atoms with van der Waals surface area (Å²) in [5.74, 6) is 2.02. The van der Waals surface area contributed by atoms with Gasteiger partial charge in [-0.05, 0) is 59.5 Å². The Morgan fingerprint density at radius 2 is 1.72 bits per heavy atom. The van der Waals surface area contributed by atoms with Crippen LogP contribution < -0.4 is 19.5 Å². The van der Waals surface area contributed by atoms with Crippen molar-refractivity contribution in [2.45, 2.75) is 24.2 Å². The first-order valence-corrected chi connectivity index (χ1v) is 16.6. The van der Waals surface area contributed by atoms with Crippen molar-refractivity contribution in [3.05, 3.63) is 112 Å². The fourth-order valence-electron chi connectivity index (χ4n) is 5.31. The summed E-state index contributed by atoms with van der Waals surface area (Å²) >= 11 is 2.62. The molecule has 0 unspecified atom stereocenters. The Morgan fingerprint density at radius 3 is 2.43 bits per heavy atom. The van der Waals surface area contributed by atoms with Crippen molar-refractivity contribution in [3.63, 3.8) is 0 Å². The molecule has 47 heavy (non-hydrogen) atoms. The molecule has 3 heterocycles. The summed E-state index contributed by atoms with van der Waals surface area (Å²) in [4.78, 5) is 27.3. The summed E-state index contributed by atoms with van der Waals surface area (Å²) in [6.45, 7) is 0.159. The molecule has 0 radical (unpaired) electrons. The monoisotopic (exact) mass is 668 g/mol. The number of methoxy groups -OCH3 is 3. The fourth-order valence-corrected chi connectivity index (χ4v) is 6.77. The molecule has 1 aliphatic rings. The number of rotatable bonds is 12. The van der Waals surface area contributed by atoms with Gasteiger partial charge in [0.25, 0.3) is 11.8 Å². The van der Waals surface area contributed by atoms with Crippen molar-refractivity contribution in [1.82, 2.24) is 25.1 Å². The summed E-state index contributed by atoms with van der Waals surface area (Å²) in [5.41, 5.74) is 3.25. The summed E-state index contributed by atoms with van der Waals surface area (Å²) in [7, 11) is 4.79. The number of hydrogen-bond acceptors (Lipinski definition) is 10. The van der Waals surface area contributed by atoms with Crippen LogP contribution in [0.15, 0.2) is 101 Å². The number of hydrogen-bond donors (Lipinski definition) is 1.